The molecular formula is C9H17N5. The third-order valence-electron chi connectivity index (χ3n) is 2.89. The van der Waals surface area contributed by atoms with Crippen LogP contribution >= 0.6 is 0 Å². The molecule has 3 unspecified atom stereocenters. The van der Waals surface area contributed by atoms with Gasteiger partial charge in [-0.15, -0.1) is 5.10 Å². The number of nitrogens with zero attached hydrogens (tertiary/aromatic N) is 3. The molecule has 1 aromatic heterocycles. The van der Waals surface area contributed by atoms with Gasteiger partial charge in [0.2, 0.25) is 0 Å². The zero-order chi connectivity index (χ0) is 10.1. The molecule has 3 atom stereocenters. The van der Waals surface area contributed by atoms with Crippen LogP contribution in [0.15, 0.2) is 6.20 Å². The fourth-order valence-electron chi connectivity index (χ4n) is 2.01. The van der Waals surface area contributed by atoms with E-state index in [0.717, 1.165) is 18.5 Å². The Morgan fingerprint density at radius 2 is 2.36 bits per heavy atom. The zero-order valence-corrected chi connectivity index (χ0v) is 8.64. The lowest BCUT2D eigenvalue weighted by Crippen LogP contribution is -2.47. The van der Waals surface area contributed by atoms with Crippen molar-refractivity contribution in [3.8, 4) is 0 Å². The second kappa shape index (κ2) is 3.67. The third kappa shape index (κ3) is 1.65. The third-order valence-corrected chi connectivity index (χ3v) is 2.89. The van der Waals surface area contributed by atoms with E-state index in [1.807, 2.05) is 7.05 Å². The van der Waals surface area contributed by atoms with Crippen LogP contribution in [0.2, 0.25) is 0 Å². The summed E-state index contributed by atoms with van der Waals surface area (Å²) in [7, 11) is 1.90. The molecule has 1 aliphatic rings. The van der Waals surface area contributed by atoms with Gasteiger partial charge in [-0.3, -0.25) is 4.68 Å². The predicted octanol–water partition coefficient (Wildman–Crippen LogP) is -0.0446. The molecule has 0 amide bonds. The monoisotopic (exact) mass is 195 g/mol. The van der Waals surface area contributed by atoms with Crippen molar-refractivity contribution in [1.82, 2.24) is 20.3 Å². The standard InChI is InChI=1S/C9H17N5/c1-6-3-4-7(10)9(12-6)8-5-11-13-14(8)2/h5-7,9,12H,3-4,10H2,1-2H3. The van der Waals surface area contributed by atoms with Crippen LogP contribution in [0.3, 0.4) is 0 Å². The van der Waals surface area contributed by atoms with Crippen LogP contribution in [0.25, 0.3) is 0 Å². The summed E-state index contributed by atoms with van der Waals surface area (Å²) in [5.41, 5.74) is 7.14. The molecule has 0 aromatic carbocycles. The summed E-state index contributed by atoms with van der Waals surface area (Å²) in [6.07, 6.45) is 3.99. The van der Waals surface area contributed by atoms with Gasteiger partial charge < -0.3 is 11.1 Å². The van der Waals surface area contributed by atoms with E-state index < -0.39 is 0 Å². The Labute approximate surface area is 83.7 Å². The number of hydrogen-bond donors (Lipinski definition) is 2. The van der Waals surface area contributed by atoms with Crippen molar-refractivity contribution in [2.24, 2.45) is 12.8 Å². The normalized spacial score (nSPS) is 33.2. The largest absolute Gasteiger partial charge is 0.326 e. The molecule has 5 heteroatoms. The van der Waals surface area contributed by atoms with Gasteiger partial charge >= 0.3 is 0 Å². The Kier molecular flexibility index (Phi) is 2.52. The van der Waals surface area contributed by atoms with E-state index in [1.54, 1.807) is 10.9 Å². The second-order valence-electron chi connectivity index (χ2n) is 4.07. The maximum absolute atomic E-state index is 6.07. The minimum atomic E-state index is 0.170. The Morgan fingerprint density at radius 1 is 1.57 bits per heavy atom. The maximum Gasteiger partial charge on any atom is 0.0769 e. The number of aryl methyl sites for hydroxylation is 1. The Balaban J connectivity index is 2.20. The number of rotatable bonds is 1. The van der Waals surface area contributed by atoms with Crippen molar-refractivity contribution in [2.45, 2.75) is 37.9 Å². The number of hydrogen-bond acceptors (Lipinski definition) is 4. The van der Waals surface area contributed by atoms with Gasteiger partial charge in [-0.2, -0.15) is 0 Å². The smallest absolute Gasteiger partial charge is 0.0769 e. The highest BCUT2D eigenvalue weighted by molar-refractivity contribution is 5.07. The van der Waals surface area contributed by atoms with E-state index in [2.05, 4.69) is 22.6 Å². The van der Waals surface area contributed by atoms with Crippen molar-refractivity contribution >= 4 is 0 Å². The summed E-state index contributed by atoms with van der Waals surface area (Å²) in [6.45, 7) is 2.18. The summed E-state index contributed by atoms with van der Waals surface area (Å²) in [6, 6.07) is 0.886. The van der Waals surface area contributed by atoms with Crippen LogP contribution < -0.4 is 11.1 Å². The van der Waals surface area contributed by atoms with E-state index in [4.69, 9.17) is 5.73 Å². The van der Waals surface area contributed by atoms with Gasteiger partial charge in [0, 0.05) is 19.1 Å². The molecule has 0 radical (unpaired) electrons. The zero-order valence-electron chi connectivity index (χ0n) is 8.64. The lowest BCUT2D eigenvalue weighted by atomic mass is 9.93. The van der Waals surface area contributed by atoms with Crippen molar-refractivity contribution in [2.75, 3.05) is 0 Å². The molecular weight excluding hydrogens is 178 g/mol. The highest BCUT2D eigenvalue weighted by Gasteiger charge is 2.28. The molecule has 5 nitrogen and oxygen atoms in total. The molecule has 1 aliphatic heterocycles. The lowest BCUT2D eigenvalue weighted by Gasteiger charge is -2.33. The minimum absolute atomic E-state index is 0.170. The summed E-state index contributed by atoms with van der Waals surface area (Å²) in [4.78, 5) is 0. The fraction of sp³-hybridized carbons (Fsp3) is 0.778. The Bertz CT molecular complexity index is 308. The average Bonchev–Trinajstić information content (AvgIpc) is 2.56. The van der Waals surface area contributed by atoms with Gasteiger partial charge in [0.05, 0.1) is 17.9 Å². The van der Waals surface area contributed by atoms with Crippen molar-refractivity contribution < 1.29 is 0 Å². The van der Waals surface area contributed by atoms with Gasteiger partial charge in [-0.1, -0.05) is 5.21 Å². The topological polar surface area (TPSA) is 68.8 Å². The average molecular weight is 195 g/mol. The summed E-state index contributed by atoms with van der Waals surface area (Å²) >= 11 is 0. The lowest BCUT2D eigenvalue weighted by molar-refractivity contribution is 0.291. The molecule has 78 valence electrons. The van der Waals surface area contributed by atoms with Gasteiger partial charge in [-0.25, -0.2) is 0 Å². The second-order valence-corrected chi connectivity index (χ2v) is 4.07. The van der Waals surface area contributed by atoms with Gasteiger partial charge in [0.1, 0.15) is 0 Å². The van der Waals surface area contributed by atoms with Crippen LogP contribution in [0, 0.1) is 0 Å². The predicted molar refractivity (Wildman–Crippen MR) is 53.6 cm³/mol. The molecule has 3 N–H and O–H groups in total. The molecule has 0 bridgehead atoms. The molecule has 1 aromatic rings. The fourth-order valence-corrected chi connectivity index (χ4v) is 2.01. The molecule has 1 fully saturated rings. The number of nitrogens with one attached hydrogen (secondary N) is 1. The molecule has 2 heterocycles. The minimum Gasteiger partial charge on any atom is -0.326 e. The van der Waals surface area contributed by atoms with E-state index in [1.165, 1.54) is 0 Å². The summed E-state index contributed by atoms with van der Waals surface area (Å²) in [5, 5.41) is 11.3. The first kappa shape index (κ1) is 9.61. The molecule has 14 heavy (non-hydrogen) atoms. The van der Waals surface area contributed by atoms with Crippen molar-refractivity contribution in [3.63, 3.8) is 0 Å². The summed E-state index contributed by atoms with van der Waals surface area (Å²) < 4.78 is 1.79. The van der Waals surface area contributed by atoms with E-state index in [-0.39, 0.29) is 12.1 Å². The first-order chi connectivity index (χ1) is 6.68. The van der Waals surface area contributed by atoms with Crippen LogP contribution in [-0.4, -0.2) is 27.1 Å². The van der Waals surface area contributed by atoms with Crippen LogP contribution in [0.4, 0.5) is 0 Å². The number of piperidine rings is 1. The van der Waals surface area contributed by atoms with Gasteiger partial charge in [0.15, 0.2) is 0 Å². The molecule has 1 saturated heterocycles. The molecule has 0 saturated carbocycles. The van der Waals surface area contributed by atoms with Gasteiger partial charge in [-0.05, 0) is 19.8 Å². The molecule has 2 rings (SSSR count). The Morgan fingerprint density at radius 3 is 3.00 bits per heavy atom. The first-order valence-corrected chi connectivity index (χ1v) is 5.04. The molecule has 0 spiro atoms. The van der Waals surface area contributed by atoms with E-state index in [0.29, 0.717) is 6.04 Å². The highest BCUT2D eigenvalue weighted by atomic mass is 15.4. The van der Waals surface area contributed by atoms with Crippen LogP contribution in [0.1, 0.15) is 31.5 Å². The Hall–Kier alpha value is -0.940. The van der Waals surface area contributed by atoms with Crippen molar-refractivity contribution in [3.05, 3.63) is 11.9 Å². The van der Waals surface area contributed by atoms with E-state index in [9.17, 15) is 0 Å². The number of nitrogens with two attached hydrogens (primary N) is 1. The van der Waals surface area contributed by atoms with Gasteiger partial charge in [0.25, 0.3) is 0 Å². The van der Waals surface area contributed by atoms with Crippen LogP contribution in [-0.2, 0) is 7.05 Å². The van der Waals surface area contributed by atoms with Crippen LogP contribution in [0.5, 0.6) is 0 Å². The highest BCUT2D eigenvalue weighted by Crippen LogP contribution is 2.23. The first-order valence-electron chi connectivity index (χ1n) is 5.04. The summed E-state index contributed by atoms with van der Waals surface area (Å²) in [5.74, 6) is 0. The molecule has 0 aliphatic carbocycles. The maximum atomic E-state index is 6.07. The SMILES string of the molecule is CC1CCC(N)C(c2cnnn2C)N1. The quantitative estimate of drug-likeness (QED) is 0.659. The van der Waals surface area contributed by atoms with Crippen molar-refractivity contribution in [1.29, 1.82) is 0 Å². The van der Waals surface area contributed by atoms with E-state index >= 15 is 0 Å². The number of aromatic nitrogens is 3.